The molecule has 1 nitrogen and oxygen atoms in total. The molecule has 0 aliphatic heterocycles. The third-order valence-corrected chi connectivity index (χ3v) is 0.566. The topological polar surface area (TPSA) is 12.9 Å². The van der Waals surface area contributed by atoms with Crippen molar-refractivity contribution in [2.45, 2.75) is 0 Å². The van der Waals surface area contributed by atoms with E-state index < -0.39 is 0 Å². The van der Waals surface area contributed by atoms with Gasteiger partial charge in [0.1, 0.15) is 0 Å². The predicted molar refractivity (Wildman–Crippen MR) is 35.7 cm³/mol. The van der Waals surface area contributed by atoms with Crippen LogP contribution in [0, 0.1) is 0 Å². The van der Waals surface area contributed by atoms with Crippen LogP contribution in [0.4, 0.5) is 0 Å². The summed E-state index contributed by atoms with van der Waals surface area (Å²) in [6.45, 7) is 0. The third kappa shape index (κ3) is 22.6. The first-order chi connectivity index (χ1) is 3.00. The predicted octanol–water partition coefficient (Wildman–Crippen LogP) is -11.7. The number of nitrogens with zero attached hydrogens (tertiary/aromatic N) is 1. The largest absolute Gasteiger partial charge is 2.00 e. The molecule has 0 N–H and O–H groups in total. The van der Waals surface area contributed by atoms with E-state index in [-0.39, 0.29) is 95.7 Å². The molecule has 1 aromatic rings. The van der Waals surface area contributed by atoms with Gasteiger partial charge in [0, 0.05) is 12.4 Å². The van der Waals surface area contributed by atoms with Gasteiger partial charge in [-0.05, 0) is 12.1 Å². The number of rotatable bonds is 0. The first kappa shape index (κ1) is 37.1. The summed E-state index contributed by atoms with van der Waals surface area (Å²) in [4.78, 5) is 3.78. The van der Waals surface area contributed by atoms with Crippen LogP contribution >= 0.6 is 0 Å². The average molecular weight is 270 g/mol. The van der Waals surface area contributed by atoms with E-state index >= 15 is 0 Å². The molecule has 7 heteroatoms. The van der Waals surface area contributed by atoms with Gasteiger partial charge in [0.25, 0.3) is 0 Å². The zero-order chi connectivity index (χ0) is 4.24. The van der Waals surface area contributed by atoms with E-state index in [9.17, 15) is 0 Å². The average Bonchev–Trinajstić information content (AvgIpc) is 1.72. The number of hydrogen-bond donors (Lipinski definition) is 0. The Morgan fingerprint density at radius 1 is 0.583 bits per heavy atom. The standard InChI is InChI=1S/C5H5N.4ClH.2Mg/c1-2-4-6-5-3-1;;;;;;/h1-5H;4*1H;;/q;;;;;2*+2/p-4. The molecule has 0 saturated heterocycles. The maximum Gasteiger partial charge on any atom is 2.00 e. The molecule has 62 valence electrons. The maximum atomic E-state index is 3.78. The van der Waals surface area contributed by atoms with Crippen LogP contribution < -0.4 is 49.6 Å². The van der Waals surface area contributed by atoms with Crippen LogP contribution in [0.15, 0.2) is 30.6 Å². The Balaban J connectivity index is -0.0000000150. The number of pyridine rings is 1. The number of aromatic nitrogens is 1. The Morgan fingerprint density at radius 3 is 1.00 bits per heavy atom. The van der Waals surface area contributed by atoms with Crippen molar-refractivity contribution in [3.05, 3.63) is 30.6 Å². The van der Waals surface area contributed by atoms with Crippen molar-refractivity contribution in [2.24, 2.45) is 0 Å². The minimum Gasteiger partial charge on any atom is -1.00 e. The molecule has 0 amide bonds. The Bertz CT molecular complexity index is 93.4. The van der Waals surface area contributed by atoms with Crippen LogP contribution in [0.2, 0.25) is 0 Å². The Kier molecular flexibility index (Phi) is 90.6. The van der Waals surface area contributed by atoms with Crippen molar-refractivity contribution < 1.29 is 49.6 Å². The molecule has 1 heterocycles. The number of halogens is 4. The van der Waals surface area contributed by atoms with Crippen LogP contribution in [-0.2, 0) is 0 Å². The zero-order valence-electron chi connectivity index (χ0n) is 6.26. The van der Waals surface area contributed by atoms with Gasteiger partial charge in [-0.15, -0.1) is 0 Å². The smallest absolute Gasteiger partial charge is 1.00 e. The van der Waals surface area contributed by atoms with Crippen molar-refractivity contribution in [2.75, 3.05) is 0 Å². The molecule has 1 aromatic heterocycles. The second-order valence-electron chi connectivity index (χ2n) is 1.02. The summed E-state index contributed by atoms with van der Waals surface area (Å²) in [5.74, 6) is 0. The van der Waals surface area contributed by atoms with E-state index in [1.165, 1.54) is 0 Å². The van der Waals surface area contributed by atoms with Crippen LogP contribution in [-0.4, -0.2) is 51.1 Å². The number of hydrogen-bond acceptors (Lipinski definition) is 1. The summed E-state index contributed by atoms with van der Waals surface area (Å²) in [5, 5.41) is 0. The van der Waals surface area contributed by atoms with Gasteiger partial charge in [-0.2, -0.15) is 0 Å². The van der Waals surface area contributed by atoms with Gasteiger partial charge in [-0.1, -0.05) is 6.07 Å². The molecule has 0 aliphatic rings. The van der Waals surface area contributed by atoms with Crippen molar-refractivity contribution in [1.29, 1.82) is 0 Å². The van der Waals surface area contributed by atoms with Gasteiger partial charge in [0.2, 0.25) is 0 Å². The quantitative estimate of drug-likeness (QED) is 0.426. The van der Waals surface area contributed by atoms with Crippen LogP contribution in [0.1, 0.15) is 0 Å². The van der Waals surface area contributed by atoms with E-state index in [4.69, 9.17) is 0 Å². The van der Waals surface area contributed by atoms with Gasteiger partial charge in [0.15, 0.2) is 0 Å². The van der Waals surface area contributed by atoms with E-state index in [2.05, 4.69) is 4.98 Å². The summed E-state index contributed by atoms with van der Waals surface area (Å²) in [7, 11) is 0. The van der Waals surface area contributed by atoms with E-state index in [0.29, 0.717) is 0 Å². The minimum atomic E-state index is 0. The monoisotopic (exact) mass is 267 g/mol. The third-order valence-electron chi connectivity index (χ3n) is 0.566. The molecule has 0 aliphatic carbocycles. The second-order valence-corrected chi connectivity index (χ2v) is 1.02. The van der Waals surface area contributed by atoms with Gasteiger partial charge in [-0.25, -0.2) is 0 Å². The molecule has 0 radical (unpaired) electrons. The molecule has 0 atom stereocenters. The summed E-state index contributed by atoms with van der Waals surface area (Å²) in [6, 6.07) is 5.72. The molecule has 0 saturated carbocycles. The summed E-state index contributed by atoms with van der Waals surface area (Å²) >= 11 is 0. The Labute approximate surface area is 130 Å². The fraction of sp³-hybridized carbons (Fsp3) is 0. The summed E-state index contributed by atoms with van der Waals surface area (Å²) in [6.07, 6.45) is 3.50. The van der Waals surface area contributed by atoms with Gasteiger partial charge in [0.05, 0.1) is 0 Å². The van der Waals surface area contributed by atoms with Gasteiger partial charge < -0.3 is 49.6 Å². The van der Waals surface area contributed by atoms with Crippen molar-refractivity contribution in [1.82, 2.24) is 4.98 Å². The summed E-state index contributed by atoms with van der Waals surface area (Å²) in [5.41, 5.74) is 0. The van der Waals surface area contributed by atoms with E-state index in [0.717, 1.165) is 0 Å². The fourth-order valence-electron chi connectivity index (χ4n) is 0.313. The molecule has 0 unspecified atom stereocenters. The molecule has 0 fully saturated rings. The van der Waals surface area contributed by atoms with Crippen LogP contribution in [0.25, 0.3) is 0 Å². The van der Waals surface area contributed by atoms with Crippen molar-refractivity contribution in [3.63, 3.8) is 0 Å². The first-order valence-electron chi connectivity index (χ1n) is 1.85. The molecular formula is C5H5Cl4Mg2N. The molecule has 0 bridgehead atoms. The molecule has 0 spiro atoms. The van der Waals surface area contributed by atoms with E-state index in [1.54, 1.807) is 12.4 Å². The molecular weight excluding hydrogens is 264 g/mol. The minimum absolute atomic E-state index is 0. The zero-order valence-corrected chi connectivity index (χ0v) is 12.1. The molecule has 1 rings (SSSR count). The first-order valence-corrected chi connectivity index (χ1v) is 1.85. The van der Waals surface area contributed by atoms with Crippen LogP contribution in [0.5, 0.6) is 0 Å². The maximum absolute atomic E-state index is 3.78. The second kappa shape index (κ2) is 29.3. The van der Waals surface area contributed by atoms with Gasteiger partial charge in [-0.3, -0.25) is 4.98 Å². The molecule has 0 aromatic carbocycles. The normalized spacial score (nSPS) is 4.00. The summed E-state index contributed by atoms with van der Waals surface area (Å²) < 4.78 is 0. The van der Waals surface area contributed by atoms with Crippen LogP contribution in [0.3, 0.4) is 0 Å². The van der Waals surface area contributed by atoms with Crippen molar-refractivity contribution in [3.8, 4) is 0 Å². The Hall–Kier alpha value is 1.84. The fourth-order valence-corrected chi connectivity index (χ4v) is 0.313. The van der Waals surface area contributed by atoms with Gasteiger partial charge >= 0.3 is 46.1 Å². The van der Waals surface area contributed by atoms with Crippen molar-refractivity contribution >= 4 is 46.1 Å². The Morgan fingerprint density at radius 2 is 0.917 bits per heavy atom. The van der Waals surface area contributed by atoms with E-state index in [1.807, 2.05) is 18.2 Å². The molecule has 12 heavy (non-hydrogen) atoms. The SMILES string of the molecule is [Cl-].[Cl-].[Cl-].[Cl-].[Mg+2].[Mg+2].c1ccncc1.